The fourth-order valence-corrected chi connectivity index (χ4v) is 1.88. The Hall–Kier alpha value is -1.75. The van der Waals surface area contributed by atoms with Crippen molar-refractivity contribution in [1.82, 2.24) is 19.6 Å². The highest BCUT2D eigenvalue weighted by Gasteiger charge is 2.04. The second-order valence-electron chi connectivity index (χ2n) is 3.35. The summed E-state index contributed by atoms with van der Waals surface area (Å²) < 4.78 is 2.47. The van der Waals surface area contributed by atoms with E-state index in [1.165, 1.54) is 0 Å². The van der Waals surface area contributed by atoms with Crippen LogP contribution in [0.15, 0.2) is 47.5 Å². The maximum atomic E-state index is 4.24. The van der Waals surface area contributed by atoms with Crippen molar-refractivity contribution in [3.8, 4) is 11.1 Å². The van der Waals surface area contributed by atoms with E-state index in [4.69, 9.17) is 0 Å². The van der Waals surface area contributed by atoms with Crippen molar-refractivity contribution in [3.05, 3.63) is 47.5 Å². The van der Waals surface area contributed by atoms with Crippen LogP contribution >= 0.6 is 15.9 Å². The molecule has 0 aliphatic rings. The van der Waals surface area contributed by atoms with Gasteiger partial charge in [-0.2, -0.15) is 0 Å². The molecule has 0 unspecified atom stereocenters. The topological polar surface area (TPSA) is 43.1 Å². The molecular weight excluding hydrogens is 268 g/mol. The van der Waals surface area contributed by atoms with Gasteiger partial charge in [0, 0.05) is 18.0 Å². The summed E-state index contributed by atoms with van der Waals surface area (Å²) in [5.74, 6) is 0.589. The average Bonchev–Trinajstić information content (AvgIpc) is 2.72. The molecule has 2 heterocycles. The second-order valence-corrected chi connectivity index (χ2v) is 4.06. The first kappa shape index (κ1) is 9.47. The summed E-state index contributed by atoms with van der Waals surface area (Å²) in [5.41, 5.74) is 2.16. The Labute approximate surface area is 100 Å². The number of fused-ring (bicyclic) bond motifs is 1. The molecule has 0 amide bonds. The number of nitrogens with zero attached hydrogens (tertiary/aromatic N) is 4. The molecule has 0 spiro atoms. The third-order valence-corrected chi connectivity index (χ3v) is 2.87. The lowest BCUT2D eigenvalue weighted by Crippen LogP contribution is -1.90. The number of benzene rings is 1. The van der Waals surface area contributed by atoms with Gasteiger partial charge in [0.25, 0.3) is 5.78 Å². The van der Waals surface area contributed by atoms with E-state index in [1.54, 1.807) is 6.20 Å². The maximum Gasteiger partial charge on any atom is 0.255 e. The number of rotatable bonds is 1. The Morgan fingerprint density at radius 2 is 1.81 bits per heavy atom. The van der Waals surface area contributed by atoms with Crippen LogP contribution in [0.2, 0.25) is 0 Å². The predicted molar refractivity (Wildman–Crippen MR) is 63.9 cm³/mol. The van der Waals surface area contributed by atoms with Crippen LogP contribution in [0.3, 0.4) is 0 Å². The minimum Gasteiger partial charge on any atom is -0.260 e. The first-order valence-corrected chi connectivity index (χ1v) is 5.55. The number of halogens is 1. The minimum absolute atomic E-state index is 0.589. The van der Waals surface area contributed by atoms with Crippen LogP contribution in [0.4, 0.5) is 0 Å². The molecular formula is C11H7BrN4. The zero-order chi connectivity index (χ0) is 11.0. The van der Waals surface area contributed by atoms with Gasteiger partial charge in [0.2, 0.25) is 4.73 Å². The van der Waals surface area contributed by atoms with Crippen LogP contribution in [0, 0.1) is 0 Å². The molecule has 0 saturated heterocycles. The number of aromatic nitrogens is 4. The molecule has 16 heavy (non-hydrogen) atoms. The number of hydrogen-bond donors (Lipinski definition) is 0. The molecule has 0 atom stereocenters. The molecule has 0 saturated carbocycles. The molecule has 0 bridgehead atoms. The Bertz CT molecular complexity index is 633. The molecule has 3 aromatic rings. The molecule has 3 rings (SSSR count). The van der Waals surface area contributed by atoms with Crippen molar-refractivity contribution in [2.75, 3.05) is 0 Å². The minimum atomic E-state index is 0.589. The van der Waals surface area contributed by atoms with Gasteiger partial charge in [-0.25, -0.2) is 4.98 Å². The molecule has 4 nitrogen and oxygen atoms in total. The Balaban J connectivity index is 2.22. The van der Waals surface area contributed by atoms with Crippen molar-refractivity contribution in [3.63, 3.8) is 0 Å². The quantitative estimate of drug-likeness (QED) is 0.685. The highest BCUT2D eigenvalue weighted by molar-refractivity contribution is 9.10. The van der Waals surface area contributed by atoms with Gasteiger partial charge >= 0.3 is 0 Å². The van der Waals surface area contributed by atoms with Crippen LogP contribution in [0.1, 0.15) is 0 Å². The van der Waals surface area contributed by atoms with Crippen molar-refractivity contribution in [1.29, 1.82) is 0 Å². The molecule has 0 N–H and O–H groups in total. The lowest BCUT2D eigenvalue weighted by atomic mass is 10.1. The van der Waals surface area contributed by atoms with Crippen molar-refractivity contribution >= 4 is 21.7 Å². The van der Waals surface area contributed by atoms with E-state index in [2.05, 4.69) is 31.1 Å². The fraction of sp³-hybridized carbons (Fsp3) is 0. The van der Waals surface area contributed by atoms with Crippen LogP contribution in [-0.4, -0.2) is 19.6 Å². The van der Waals surface area contributed by atoms with Crippen LogP contribution in [0.5, 0.6) is 0 Å². The van der Waals surface area contributed by atoms with E-state index < -0.39 is 0 Å². The molecule has 0 aliphatic heterocycles. The summed E-state index contributed by atoms with van der Waals surface area (Å²) in [7, 11) is 0. The first-order valence-electron chi connectivity index (χ1n) is 4.76. The zero-order valence-corrected chi connectivity index (χ0v) is 9.79. The van der Waals surface area contributed by atoms with E-state index >= 15 is 0 Å². The van der Waals surface area contributed by atoms with Gasteiger partial charge in [-0.3, -0.25) is 4.40 Å². The molecule has 5 heteroatoms. The van der Waals surface area contributed by atoms with E-state index in [1.807, 2.05) is 40.9 Å². The van der Waals surface area contributed by atoms with Gasteiger partial charge in [0.15, 0.2) is 0 Å². The smallest absolute Gasteiger partial charge is 0.255 e. The van der Waals surface area contributed by atoms with Crippen molar-refractivity contribution in [2.45, 2.75) is 0 Å². The second kappa shape index (κ2) is 3.68. The third-order valence-electron chi connectivity index (χ3n) is 2.33. The summed E-state index contributed by atoms with van der Waals surface area (Å²) in [6.07, 6.45) is 3.76. The first-order chi connectivity index (χ1) is 7.84. The van der Waals surface area contributed by atoms with Gasteiger partial charge in [0.05, 0.1) is 0 Å². The zero-order valence-electron chi connectivity index (χ0n) is 8.21. The van der Waals surface area contributed by atoms with Gasteiger partial charge in [0.1, 0.15) is 0 Å². The summed E-state index contributed by atoms with van der Waals surface area (Å²) in [4.78, 5) is 4.24. The van der Waals surface area contributed by atoms with Crippen LogP contribution in [0.25, 0.3) is 16.9 Å². The number of hydrogen-bond acceptors (Lipinski definition) is 3. The lowest BCUT2D eigenvalue weighted by Gasteiger charge is -2.01. The summed E-state index contributed by atoms with van der Waals surface area (Å²) in [5, 5.41) is 7.81. The lowest BCUT2D eigenvalue weighted by molar-refractivity contribution is 1.05. The standard InChI is InChI=1S/C11H7BrN4/c12-10-14-15-11-13-6-9(7-16(10)11)8-4-2-1-3-5-8/h1-7H. The molecule has 0 fully saturated rings. The van der Waals surface area contributed by atoms with E-state index in [0.29, 0.717) is 10.5 Å². The molecule has 2 aromatic heterocycles. The Morgan fingerprint density at radius 1 is 1.00 bits per heavy atom. The van der Waals surface area contributed by atoms with Gasteiger partial charge in [-0.15, -0.1) is 10.2 Å². The normalized spacial score (nSPS) is 10.8. The predicted octanol–water partition coefficient (Wildman–Crippen LogP) is 2.55. The van der Waals surface area contributed by atoms with Gasteiger partial charge < -0.3 is 0 Å². The SMILES string of the molecule is Brc1nnc2ncc(-c3ccccc3)cn12. The highest BCUT2D eigenvalue weighted by atomic mass is 79.9. The molecule has 0 radical (unpaired) electrons. The van der Waals surface area contributed by atoms with Crippen molar-refractivity contribution < 1.29 is 0 Å². The largest absolute Gasteiger partial charge is 0.260 e. The van der Waals surface area contributed by atoms with Crippen molar-refractivity contribution in [2.24, 2.45) is 0 Å². The highest BCUT2D eigenvalue weighted by Crippen LogP contribution is 2.19. The summed E-state index contributed by atoms with van der Waals surface area (Å²) in [6.45, 7) is 0. The summed E-state index contributed by atoms with van der Waals surface area (Å²) in [6, 6.07) is 10.1. The van der Waals surface area contributed by atoms with E-state index in [9.17, 15) is 0 Å². The van der Waals surface area contributed by atoms with E-state index in [0.717, 1.165) is 11.1 Å². The summed E-state index contributed by atoms with van der Waals surface area (Å²) >= 11 is 3.32. The fourth-order valence-electron chi connectivity index (χ4n) is 1.54. The third kappa shape index (κ3) is 1.49. The Morgan fingerprint density at radius 3 is 2.62 bits per heavy atom. The average molecular weight is 275 g/mol. The molecule has 1 aromatic carbocycles. The molecule has 0 aliphatic carbocycles. The monoisotopic (exact) mass is 274 g/mol. The van der Waals surface area contributed by atoms with E-state index in [-0.39, 0.29) is 0 Å². The molecule has 78 valence electrons. The van der Waals surface area contributed by atoms with Gasteiger partial charge in [-0.1, -0.05) is 30.3 Å². The Kier molecular flexibility index (Phi) is 2.18. The van der Waals surface area contributed by atoms with Gasteiger partial charge in [-0.05, 0) is 21.5 Å². The van der Waals surface area contributed by atoms with Crippen LogP contribution < -0.4 is 0 Å². The van der Waals surface area contributed by atoms with Crippen LogP contribution in [-0.2, 0) is 0 Å². The maximum absolute atomic E-state index is 4.24.